The number of rotatable bonds is 9. The number of ether oxygens (including phenoxy) is 1. The molecule has 0 unspecified atom stereocenters. The van der Waals surface area contributed by atoms with Gasteiger partial charge in [-0.15, -0.1) is 10.2 Å². The molecule has 7 rings (SSSR count). The van der Waals surface area contributed by atoms with Crippen molar-refractivity contribution in [2.24, 2.45) is 5.73 Å². The number of primary amides is 1. The Labute approximate surface area is 269 Å². The number of carbonyl (C=O) groups excluding carboxylic acids is 1. The molecule has 0 saturated carbocycles. The fraction of sp³-hybridized carbons (Fsp3) is 0.333. The first kappa shape index (κ1) is 31.0. The van der Waals surface area contributed by atoms with Gasteiger partial charge in [-0.25, -0.2) is 14.4 Å². The molecule has 12 nitrogen and oxygen atoms in total. The van der Waals surface area contributed by atoms with E-state index in [1.165, 1.54) is 12.1 Å². The number of fused-ring (bicyclic) bond motifs is 2. The lowest BCUT2D eigenvalue weighted by Gasteiger charge is -2.30. The lowest BCUT2D eigenvalue weighted by molar-refractivity contribution is -0.137. The topological polar surface area (TPSA) is 153 Å². The van der Waals surface area contributed by atoms with E-state index in [0.29, 0.717) is 55.1 Å². The van der Waals surface area contributed by atoms with Gasteiger partial charge in [0.25, 0.3) is 5.91 Å². The fourth-order valence-electron chi connectivity index (χ4n) is 5.69. The highest BCUT2D eigenvalue weighted by Crippen LogP contribution is 2.37. The monoisotopic (exact) mass is 670 g/mol. The molecule has 0 spiro atoms. The van der Waals surface area contributed by atoms with Gasteiger partial charge in [0.1, 0.15) is 23.2 Å². The normalized spacial score (nSPS) is 16.7. The highest BCUT2D eigenvalue weighted by Gasteiger charge is 2.36. The summed E-state index contributed by atoms with van der Waals surface area (Å²) >= 11 is 5.82. The Morgan fingerprint density at radius 1 is 1.19 bits per heavy atom. The number of carbonyl (C=O) groups is 1. The predicted molar refractivity (Wildman–Crippen MR) is 162 cm³/mol. The summed E-state index contributed by atoms with van der Waals surface area (Å²) in [4.78, 5) is 30.1. The summed E-state index contributed by atoms with van der Waals surface area (Å²) in [5.41, 5.74) is 7.36. The van der Waals surface area contributed by atoms with Crippen LogP contribution in [0.25, 0.3) is 22.6 Å². The predicted octanol–water partition coefficient (Wildman–Crippen LogP) is 4.48. The van der Waals surface area contributed by atoms with Crippen molar-refractivity contribution < 1.29 is 27.1 Å². The van der Waals surface area contributed by atoms with E-state index >= 15 is 0 Å². The minimum atomic E-state index is -4.66. The number of aromatic amines is 1. The molecule has 17 heteroatoms. The molecular weight excluding hydrogens is 644 g/mol. The summed E-state index contributed by atoms with van der Waals surface area (Å²) in [6.07, 6.45) is -1.73. The summed E-state index contributed by atoms with van der Waals surface area (Å²) < 4.78 is 64.3. The Bertz CT molecular complexity index is 1990. The van der Waals surface area contributed by atoms with E-state index < -0.39 is 23.5 Å². The van der Waals surface area contributed by atoms with Crippen LogP contribution in [0.5, 0.6) is 0 Å². The van der Waals surface area contributed by atoms with Crippen molar-refractivity contribution in [1.82, 2.24) is 39.6 Å². The highest BCUT2D eigenvalue weighted by atomic mass is 35.5. The second-order valence-corrected chi connectivity index (χ2v) is 11.8. The maximum absolute atomic E-state index is 14.4. The van der Waals surface area contributed by atoms with Gasteiger partial charge >= 0.3 is 6.18 Å². The molecule has 4 N–H and O–H groups in total. The molecule has 1 amide bonds. The number of nitrogens with two attached hydrogens (primary N) is 1. The molecule has 4 aromatic heterocycles. The Hall–Kier alpha value is -4.67. The number of imidazole rings is 1. The summed E-state index contributed by atoms with van der Waals surface area (Å²) in [6.45, 7) is 2.16. The Morgan fingerprint density at radius 2 is 2.02 bits per heavy atom. The third kappa shape index (κ3) is 6.35. The molecule has 0 aliphatic carbocycles. The van der Waals surface area contributed by atoms with Crippen LogP contribution in [0.1, 0.15) is 45.2 Å². The van der Waals surface area contributed by atoms with Gasteiger partial charge in [0.15, 0.2) is 5.82 Å². The Kier molecular flexibility index (Phi) is 8.01. The van der Waals surface area contributed by atoms with E-state index in [9.17, 15) is 22.4 Å². The van der Waals surface area contributed by atoms with Crippen molar-refractivity contribution in [3.8, 4) is 11.5 Å². The first-order valence-electron chi connectivity index (χ1n) is 14.7. The van der Waals surface area contributed by atoms with Gasteiger partial charge in [0.2, 0.25) is 5.82 Å². The van der Waals surface area contributed by atoms with Gasteiger partial charge in [-0.2, -0.15) is 13.2 Å². The number of pyridine rings is 2. The summed E-state index contributed by atoms with van der Waals surface area (Å²) in [5, 5.41) is 10.6. The molecule has 47 heavy (non-hydrogen) atoms. The Balaban J connectivity index is 1.16. The van der Waals surface area contributed by atoms with Gasteiger partial charge in [0.05, 0.1) is 47.7 Å². The highest BCUT2D eigenvalue weighted by molar-refractivity contribution is 6.30. The molecule has 1 atom stereocenters. The number of halogens is 5. The van der Waals surface area contributed by atoms with Crippen molar-refractivity contribution >= 4 is 34.4 Å². The van der Waals surface area contributed by atoms with E-state index in [4.69, 9.17) is 27.1 Å². The number of aromatic nitrogens is 7. The minimum Gasteiger partial charge on any atom is -0.376 e. The van der Waals surface area contributed by atoms with Gasteiger partial charge in [-0.05, 0) is 42.7 Å². The number of anilines is 1. The molecule has 2 aliphatic rings. The summed E-state index contributed by atoms with van der Waals surface area (Å²) in [6, 6.07) is 6.86. The van der Waals surface area contributed by atoms with Crippen LogP contribution in [0, 0.1) is 5.82 Å². The molecular formula is C30H27ClF4N10O2. The number of hydrogen-bond donors (Lipinski definition) is 3. The number of amides is 1. The van der Waals surface area contributed by atoms with Crippen LogP contribution in [0.4, 0.5) is 23.4 Å². The molecule has 0 radical (unpaired) electrons. The van der Waals surface area contributed by atoms with E-state index in [-0.39, 0.29) is 47.2 Å². The molecule has 1 aromatic carbocycles. The van der Waals surface area contributed by atoms with Crippen LogP contribution < -0.4 is 11.1 Å². The first-order chi connectivity index (χ1) is 22.5. The van der Waals surface area contributed by atoms with Gasteiger partial charge in [-0.1, -0.05) is 17.7 Å². The van der Waals surface area contributed by atoms with E-state index in [1.807, 2.05) is 4.57 Å². The quantitative estimate of drug-likeness (QED) is 0.193. The largest absolute Gasteiger partial charge is 0.419 e. The maximum atomic E-state index is 14.4. The molecule has 6 heterocycles. The van der Waals surface area contributed by atoms with Crippen LogP contribution in [0.3, 0.4) is 0 Å². The number of hydrogen-bond acceptors (Lipinski definition) is 9. The SMILES string of the molecule is NC(=O)c1nnc(-c2cc3nc(CN4CCc5cc(C(F)(F)F)c(NCc6ccc(Cl)cc6F)nc5C4)n(C[C@@H]4CCO4)c3cn2)[nH]1. The summed E-state index contributed by atoms with van der Waals surface area (Å²) in [5.74, 6) is -0.852. The van der Waals surface area contributed by atoms with Gasteiger partial charge in [0, 0.05) is 36.8 Å². The van der Waals surface area contributed by atoms with E-state index in [2.05, 4.69) is 35.4 Å². The zero-order valence-electron chi connectivity index (χ0n) is 24.6. The minimum absolute atomic E-state index is 0.0156. The van der Waals surface area contributed by atoms with Crippen LogP contribution in [0.15, 0.2) is 36.5 Å². The zero-order chi connectivity index (χ0) is 32.9. The number of alkyl halides is 3. The van der Waals surface area contributed by atoms with Crippen LogP contribution in [-0.2, 0) is 43.5 Å². The smallest absolute Gasteiger partial charge is 0.376 e. The number of benzene rings is 1. The van der Waals surface area contributed by atoms with E-state index in [0.717, 1.165) is 29.9 Å². The lowest BCUT2D eigenvalue weighted by atomic mass is 10.0. The van der Waals surface area contributed by atoms with Crippen LogP contribution >= 0.6 is 11.6 Å². The van der Waals surface area contributed by atoms with Crippen LogP contribution in [-0.4, -0.2) is 64.8 Å². The fourth-order valence-corrected chi connectivity index (χ4v) is 5.85. The standard InChI is InChI=1S/C30H27ClF4N10O2/c31-17-2-1-16(20(32)8-17)10-38-27-19(30(33,34)35)7-15-3-5-44(13-23(15)40-27)14-25-39-21-9-22(28-41-29(26(36)46)43-42-28)37-11-24(21)45(25)12-18-4-6-47-18/h1-2,7-9,11,18H,3-6,10,12-14H2,(H2,36,46)(H,38,40)(H,41,42,43)/t18-/m0/s1. The number of H-pyrrole nitrogens is 1. The second kappa shape index (κ2) is 12.2. The molecule has 5 aromatic rings. The molecule has 0 bridgehead atoms. The average molecular weight is 671 g/mol. The first-order valence-corrected chi connectivity index (χ1v) is 15.1. The Morgan fingerprint density at radius 3 is 2.72 bits per heavy atom. The van der Waals surface area contributed by atoms with Gasteiger partial charge < -0.3 is 25.3 Å². The van der Waals surface area contributed by atoms with E-state index in [1.54, 1.807) is 12.3 Å². The maximum Gasteiger partial charge on any atom is 0.419 e. The van der Waals surface area contributed by atoms with Crippen molar-refractivity contribution in [3.63, 3.8) is 0 Å². The molecule has 1 saturated heterocycles. The number of nitrogens with zero attached hydrogens (tertiary/aromatic N) is 7. The molecule has 244 valence electrons. The molecule has 1 fully saturated rings. The second-order valence-electron chi connectivity index (χ2n) is 11.4. The van der Waals surface area contributed by atoms with Crippen molar-refractivity contribution in [3.05, 3.63) is 81.4 Å². The lowest BCUT2D eigenvalue weighted by Crippen LogP contribution is -2.34. The third-order valence-electron chi connectivity index (χ3n) is 8.25. The molecule has 2 aliphatic heterocycles. The van der Waals surface area contributed by atoms with Crippen LogP contribution in [0.2, 0.25) is 5.02 Å². The zero-order valence-corrected chi connectivity index (χ0v) is 25.4. The third-order valence-corrected chi connectivity index (χ3v) is 8.48. The average Bonchev–Trinajstić information content (AvgIpc) is 3.62. The van der Waals surface area contributed by atoms with Crippen molar-refractivity contribution in [1.29, 1.82) is 0 Å². The van der Waals surface area contributed by atoms with Crippen molar-refractivity contribution in [2.45, 2.75) is 51.3 Å². The van der Waals surface area contributed by atoms with Crippen molar-refractivity contribution in [2.75, 3.05) is 18.5 Å². The number of nitrogens with one attached hydrogen (secondary N) is 2. The van der Waals surface area contributed by atoms with Gasteiger partial charge in [-0.3, -0.25) is 14.7 Å². The summed E-state index contributed by atoms with van der Waals surface area (Å²) in [7, 11) is 0.